The van der Waals surface area contributed by atoms with Gasteiger partial charge in [0.05, 0.1) is 0 Å². The van der Waals surface area contributed by atoms with Gasteiger partial charge in [0.2, 0.25) is 0 Å². The fraction of sp³-hybridized carbons (Fsp3) is 0.480. The SMILES string of the molecule is CCc1ccc(C(=O)CCNC2CCC3(CC2)Cc2ccccc2C3)cc1. The summed E-state index contributed by atoms with van der Waals surface area (Å²) in [4.78, 5) is 12.4. The van der Waals surface area contributed by atoms with Crippen LogP contribution >= 0.6 is 0 Å². The molecule has 1 spiro atoms. The van der Waals surface area contributed by atoms with Gasteiger partial charge in [-0.1, -0.05) is 55.5 Å². The molecule has 2 aliphatic rings. The van der Waals surface area contributed by atoms with Gasteiger partial charge in [0, 0.05) is 24.6 Å². The molecule has 0 aliphatic heterocycles. The Kier molecular flexibility index (Phi) is 5.45. The number of carbonyl (C=O) groups excluding carboxylic acids is 1. The zero-order valence-corrected chi connectivity index (χ0v) is 16.5. The van der Waals surface area contributed by atoms with E-state index < -0.39 is 0 Å². The third kappa shape index (κ3) is 4.16. The van der Waals surface area contributed by atoms with Crippen LogP contribution in [-0.4, -0.2) is 18.4 Å². The van der Waals surface area contributed by atoms with E-state index in [0.717, 1.165) is 18.5 Å². The van der Waals surface area contributed by atoms with Gasteiger partial charge in [-0.2, -0.15) is 0 Å². The number of aryl methyl sites for hydroxylation is 1. The third-order valence-electron chi connectivity index (χ3n) is 6.76. The molecule has 2 aromatic rings. The third-order valence-corrected chi connectivity index (χ3v) is 6.76. The highest BCUT2D eigenvalue weighted by Crippen LogP contribution is 2.47. The number of benzene rings is 2. The molecule has 0 bridgehead atoms. The van der Waals surface area contributed by atoms with Crippen LogP contribution in [0.1, 0.15) is 66.1 Å². The van der Waals surface area contributed by atoms with Crippen LogP contribution in [0.5, 0.6) is 0 Å². The summed E-state index contributed by atoms with van der Waals surface area (Å²) >= 11 is 0. The summed E-state index contributed by atoms with van der Waals surface area (Å²) in [6, 6.07) is 17.7. The fourth-order valence-electron chi connectivity index (χ4n) is 5.02. The summed E-state index contributed by atoms with van der Waals surface area (Å²) in [5.41, 5.74) is 5.79. The summed E-state index contributed by atoms with van der Waals surface area (Å²) in [7, 11) is 0. The van der Waals surface area contributed by atoms with Gasteiger partial charge in [0.1, 0.15) is 0 Å². The number of rotatable bonds is 6. The van der Waals surface area contributed by atoms with E-state index in [4.69, 9.17) is 0 Å². The molecule has 1 fully saturated rings. The first-order valence-corrected chi connectivity index (χ1v) is 10.6. The number of carbonyl (C=O) groups is 1. The number of nitrogens with one attached hydrogen (secondary N) is 1. The van der Waals surface area contributed by atoms with Gasteiger partial charge in [-0.25, -0.2) is 0 Å². The standard InChI is InChI=1S/C25H31NO/c1-2-19-7-9-20(10-8-19)24(27)13-16-26-23-11-14-25(15-12-23)17-21-5-3-4-6-22(21)18-25/h3-10,23,26H,2,11-18H2,1H3. The van der Waals surface area contributed by atoms with Gasteiger partial charge >= 0.3 is 0 Å². The Labute approximate surface area is 163 Å². The summed E-state index contributed by atoms with van der Waals surface area (Å²) in [5, 5.41) is 3.65. The first kappa shape index (κ1) is 18.4. The van der Waals surface area contributed by atoms with Crippen LogP contribution in [-0.2, 0) is 19.3 Å². The van der Waals surface area contributed by atoms with Crippen molar-refractivity contribution >= 4 is 5.78 Å². The molecule has 142 valence electrons. The van der Waals surface area contributed by atoms with Crippen LogP contribution in [0.25, 0.3) is 0 Å². The van der Waals surface area contributed by atoms with E-state index in [2.05, 4.69) is 48.6 Å². The molecule has 0 aromatic heterocycles. The molecule has 0 amide bonds. The van der Waals surface area contributed by atoms with Gasteiger partial charge in [-0.05, 0) is 67.1 Å². The van der Waals surface area contributed by atoms with E-state index in [-0.39, 0.29) is 5.78 Å². The first-order chi connectivity index (χ1) is 13.2. The molecule has 0 heterocycles. The number of hydrogen-bond acceptors (Lipinski definition) is 2. The maximum atomic E-state index is 12.4. The first-order valence-electron chi connectivity index (χ1n) is 10.6. The van der Waals surface area contributed by atoms with E-state index >= 15 is 0 Å². The molecule has 1 saturated carbocycles. The van der Waals surface area contributed by atoms with Crippen LogP contribution in [0.3, 0.4) is 0 Å². The highest BCUT2D eigenvalue weighted by atomic mass is 16.1. The van der Waals surface area contributed by atoms with Crippen molar-refractivity contribution < 1.29 is 4.79 Å². The Hall–Kier alpha value is -1.93. The predicted octanol–water partition coefficient (Wildman–Crippen LogP) is 5.14. The van der Waals surface area contributed by atoms with Crippen molar-refractivity contribution in [2.75, 3.05) is 6.54 Å². The van der Waals surface area contributed by atoms with Gasteiger partial charge in [-0.15, -0.1) is 0 Å². The number of hydrogen-bond donors (Lipinski definition) is 1. The molecule has 4 rings (SSSR count). The quantitative estimate of drug-likeness (QED) is 0.722. The Morgan fingerprint density at radius 2 is 1.63 bits per heavy atom. The summed E-state index contributed by atoms with van der Waals surface area (Å²) in [6.45, 7) is 2.94. The van der Waals surface area contributed by atoms with E-state index in [1.807, 2.05) is 12.1 Å². The maximum absolute atomic E-state index is 12.4. The second-order valence-electron chi connectivity index (χ2n) is 8.57. The van der Waals surface area contributed by atoms with Crippen molar-refractivity contribution in [3.8, 4) is 0 Å². The predicted molar refractivity (Wildman–Crippen MR) is 111 cm³/mol. The Morgan fingerprint density at radius 1 is 1.00 bits per heavy atom. The minimum Gasteiger partial charge on any atom is -0.314 e. The summed E-state index contributed by atoms with van der Waals surface area (Å²) in [6.07, 6.45) is 9.26. The summed E-state index contributed by atoms with van der Waals surface area (Å²) in [5.74, 6) is 0.253. The highest BCUT2D eigenvalue weighted by molar-refractivity contribution is 5.96. The fourth-order valence-corrected chi connectivity index (χ4v) is 5.02. The lowest BCUT2D eigenvalue weighted by Gasteiger charge is -2.37. The largest absolute Gasteiger partial charge is 0.314 e. The maximum Gasteiger partial charge on any atom is 0.164 e. The molecule has 0 radical (unpaired) electrons. The number of fused-ring (bicyclic) bond motifs is 1. The van der Waals surface area contributed by atoms with Crippen LogP contribution in [0.4, 0.5) is 0 Å². The van der Waals surface area contributed by atoms with Crippen LogP contribution < -0.4 is 5.32 Å². The average Bonchev–Trinajstić information content (AvgIpc) is 3.07. The van der Waals surface area contributed by atoms with E-state index in [0.29, 0.717) is 17.9 Å². The van der Waals surface area contributed by atoms with Crippen LogP contribution in [0.15, 0.2) is 48.5 Å². The van der Waals surface area contributed by atoms with E-state index in [1.54, 1.807) is 11.1 Å². The van der Waals surface area contributed by atoms with Crippen molar-refractivity contribution in [3.63, 3.8) is 0 Å². The zero-order valence-electron chi connectivity index (χ0n) is 16.5. The van der Waals surface area contributed by atoms with Gasteiger partial charge in [0.15, 0.2) is 5.78 Å². The average molecular weight is 362 g/mol. The topological polar surface area (TPSA) is 29.1 Å². The zero-order chi connectivity index (χ0) is 18.7. The molecule has 0 unspecified atom stereocenters. The smallest absolute Gasteiger partial charge is 0.164 e. The lowest BCUT2D eigenvalue weighted by Crippen LogP contribution is -2.38. The lowest BCUT2D eigenvalue weighted by atomic mass is 9.70. The molecule has 2 aliphatic carbocycles. The molecule has 1 N–H and O–H groups in total. The van der Waals surface area contributed by atoms with Crippen molar-refractivity contribution in [1.29, 1.82) is 0 Å². The lowest BCUT2D eigenvalue weighted by molar-refractivity contribution is 0.0978. The van der Waals surface area contributed by atoms with Crippen molar-refractivity contribution in [2.24, 2.45) is 5.41 Å². The molecule has 2 nitrogen and oxygen atoms in total. The highest BCUT2D eigenvalue weighted by Gasteiger charge is 2.39. The molecule has 0 saturated heterocycles. The van der Waals surface area contributed by atoms with E-state index in [9.17, 15) is 4.79 Å². The van der Waals surface area contributed by atoms with Crippen molar-refractivity contribution in [2.45, 2.75) is 64.3 Å². The van der Waals surface area contributed by atoms with Gasteiger partial charge < -0.3 is 5.32 Å². The van der Waals surface area contributed by atoms with Crippen molar-refractivity contribution in [1.82, 2.24) is 5.32 Å². The molecular weight excluding hydrogens is 330 g/mol. The molecule has 0 atom stereocenters. The molecule has 27 heavy (non-hydrogen) atoms. The number of Topliss-reactive ketones (excluding diaryl/α,β-unsaturated/α-hetero) is 1. The Balaban J connectivity index is 1.21. The van der Waals surface area contributed by atoms with Crippen LogP contribution in [0, 0.1) is 5.41 Å². The normalized spacial score (nSPS) is 18.6. The Morgan fingerprint density at radius 3 is 2.22 bits per heavy atom. The second-order valence-corrected chi connectivity index (χ2v) is 8.57. The molecule has 2 aromatic carbocycles. The van der Waals surface area contributed by atoms with Gasteiger partial charge in [0.25, 0.3) is 0 Å². The van der Waals surface area contributed by atoms with Crippen LogP contribution in [0.2, 0.25) is 0 Å². The second kappa shape index (κ2) is 7.98. The number of ketones is 1. The minimum atomic E-state index is 0.253. The summed E-state index contributed by atoms with van der Waals surface area (Å²) < 4.78 is 0. The molecular formula is C25H31NO. The van der Waals surface area contributed by atoms with Gasteiger partial charge in [-0.3, -0.25) is 4.79 Å². The Bertz CT molecular complexity index is 757. The van der Waals surface area contributed by atoms with E-state index in [1.165, 1.54) is 44.1 Å². The monoisotopic (exact) mass is 361 g/mol. The minimum absolute atomic E-state index is 0.253. The molecule has 2 heteroatoms. The van der Waals surface area contributed by atoms with Crippen molar-refractivity contribution in [3.05, 3.63) is 70.8 Å².